The van der Waals surface area contributed by atoms with Gasteiger partial charge in [-0.25, -0.2) is 0 Å². The molecule has 0 atom stereocenters. The molecule has 0 saturated carbocycles. The van der Waals surface area contributed by atoms with E-state index in [2.05, 4.69) is 41.5 Å². The zero-order valence-electron chi connectivity index (χ0n) is 11.1. The Balaban J connectivity index is 3.20. The molecule has 3 heteroatoms. The van der Waals surface area contributed by atoms with Crippen LogP contribution in [0.15, 0.2) is 0 Å². The topological polar surface area (TPSA) is 18.5 Å². The predicted molar refractivity (Wildman–Crippen MR) is 68.4 cm³/mol. The van der Waals surface area contributed by atoms with Crippen LogP contribution in [0.5, 0.6) is 0 Å². The van der Waals surface area contributed by atoms with Crippen LogP contribution in [-0.4, -0.2) is 30.5 Å². The molecule has 0 radical (unpaired) electrons. The van der Waals surface area contributed by atoms with Gasteiger partial charge in [0.05, 0.1) is 25.8 Å². The standard InChI is InChI=1S/C12H26O2S/c1-11(2,3)9-13-7-8-14-10-15-12(4,5)6/h7-10H2,1-6H3. The van der Waals surface area contributed by atoms with E-state index in [9.17, 15) is 0 Å². The Kier molecular flexibility index (Phi) is 6.89. The van der Waals surface area contributed by atoms with Crippen molar-refractivity contribution < 1.29 is 9.47 Å². The van der Waals surface area contributed by atoms with Gasteiger partial charge in [0.2, 0.25) is 0 Å². The van der Waals surface area contributed by atoms with Crippen molar-refractivity contribution in [3.63, 3.8) is 0 Å². The maximum absolute atomic E-state index is 5.50. The van der Waals surface area contributed by atoms with Crippen LogP contribution in [0.1, 0.15) is 41.5 Å². The highest BCUT2D eigenvalue weighted by Crippen LogP contribution is 2.22. The average molecular weight is 234 g/mol. The number of thioether (sulfide) groups is 1. The highest BCUT2D eigenvalue weighted by atomic mass is 32.2. The fourth-order valence-electron chi connectivity index (χ4n) is 0.774. The third-order valence-electron chi connectivity index (χ3n) is 1.48. The fourth-order valence-corrected chi connectivity index (χ4v) is 1.33. The van der Waals surface area contributed by atoms with Gasteiger partial charge >= 0.3 is 0 Å². The second-order valence-electron chi connectivity index (χ2n) is 5.90. The fraction of sp³-hybridized carbons (Fsp3) is 1.00. The zero-order chi connectivity index (χ0) is 11.9. The second-order valence-corrected chi connectivity index (χ2v) is 7.65. The molecule has 0 spiro atoms. The molecule has 0 heterocycles. The normalized spacial score (nSPS) is 13.2. The summed E-state index contributed by atoms with van der Waals surface area (Å²) in [6, 6.07) is 0. The summed E-state index contributed by atoms with van der Waals surface area (Å²) in [5.41, 5.74) is 0.250. The van der Waals surface area contributed by atoms with E-state index in [1.165, 1.54) is 0 Å². The van der Waals surface area contributed by atoms with Gasteiger partial charge in [0, 0.05) is 4.75 Å². The van der Waals surface area contributed by atoms with E-state index < -0.39 is 0 Å². The van der Waals surface area contributed by atoms with Crippen LogP contribution in [0.25, 0.3) is 0 Å². The first-order valence-electron chi connectivity index (χ1n) is 5.50. The number of hydrogen-bond donors (Lipinski definition) is 0. The number of hydrogen-bond acceptors (Lipinski definition) is 3. The van der Waals surface area contributed by atoms with E-state index in [0.717, 1.165) is 12.5 Å². The molecule has 2 nitrogen and oxygen atoms in total. The quantitative estimate of drug-likeness (QED) is 0.517. The lowest BCUT2D eigenvalue weighted by Gasteiger charge is -2.19. The van der Waals surface area contributed by atoms with E-state index in [1.807, 2.05) is 11.8 Å². The summed E-state index contributed by atoms with van der Waals surface area (Å²) in [6.45, 7) is 15.3. The molecule has 0 N–H and O–H groups in total. The Bertz CT molecular complexity index is 138. The minimum Gasteiger partial charge on any atom is -0.379 e. The molecular weight excluding hydrogens is 208 g/mol. The van der Waals surface area contributed by atoms with Gasteiger partial charge in [-0.15, -0.1) is 11.8 Å². The summed E-state index contributed by atoms with van der Waals surface area (Å²) >= 11 is 1.82. The lowest BCUT2D eigenvalue weighted by Crippen LogP contribution is -2.17. The Morgan fingerprint density at radius 2 is 1.40 bits per heavy atom. The Morgan fingerprint density at radius 3 is 1.87 bits per heavy atom. The summed E-state index contributed by atoms with van der Waals surface area (Å²) in [4.78, 5) is 0. The monoisotopic (exact) mass is 234 g/mol. The summed E-state index contributed by atoms with van der Waals surface area (Å²) in [6.07, 6.45) is 0. The van der Waals surface area contributed by atoms with E-state index in [-0.39, 0.29) is 10.2 Å². The van der Waals surface area contributed by atoms with Crippen LogP contribution < -0.4 is 0 Å². The molecule has 0 aliphatic rings. The van der Waals surface area contributed by atoms with Gasteiger partial charge < -0.3 is 9.47 Å². The lowest BCUT2D eigenvalue weighted by molar-refractivity contribution is 0.0304. The molecule has 92 valence electrons. The maximum Gasteiger partial charge on any atom is 0.0927 e. The minimum atomic E-state index is 0.250. The largest absolute Gasteiger partial charge is 0.379 e. The molecule has 0 aromatic carbocycles. The molecule has 0 fully saturated rings. The molecule has 0 rings (SSSR count). The summed E-state index contributed by atoms with van der Waals surface area (Å²) in [7, 11) is 0. The SMILES string of the molecule is CC(C)(C)COCCOCSC(C)(C)C. The maximum atomic E-state index is 5.50. The van der Waals surface area contributed by atoms with Gasteiger partial charge in [-0.1, -0.05) is 41.5 Å². The molecule has 0 unspecified atom stereocenters. The minimum absolute atomic E-state index is 0.250. The van der Waals surface area contributed by atoms with E-state index >= 15 is 0 Å². The van der Waals surface area contributed by atoms with Crippen LogP contribution in [-0.2, 0) is 9.47 Å². The third-order valence-corrected chi connectivity index (χ3v) is 2.63. The van der Waals surface area contributed by atoms with E-state index in [1.54, 1.807) is 0 Å². The van der Waals surface area contributed by atoms with Gasteiger partial charge in [0.25, 0.3) is 0 Å². The summed E-state index contributed by atoms with van der Waals surface area (Å²) in [5, 5.41) is 0. The van der Waals surface area contributed by atoms with Crippen molar-refractivity contribution in [3.8, 4) is 0 Å². The second kappa shape index (κ2) is 6.77. The van der Waals surface area contributed by atoms with Gasteiger partial charge in [0.15, 0.2) is 0 Å². The molecule has 0 saturated heterocycles. The van der Waals surface area contributed by atoms with Crippen LogP contribution in [0.2, 0.25) is 0 Å². The van der Waals surface area contributed by atoms with Crippen molar-refractivity contribution in [1.82, 2.24) is 0 Å². The van der Waals surface area contributed by atoms with Crippen molar-refractivity contribution in [2.75, 3.05) is 25.8 Å². The Hall–Kier alpha value is 0.270. The molecule has 15 heavy (non-hydrogen) atoms. The third kappa shape index (κ3) is 14.3. The average Bonchev–Trinajstić information content (AvgIpc) is 1.98. The van der Waals surface area contributed by atoms with Crippen molar-refractivity contribution in [3.05, 3.63) is 0 Å². The van der Waals surface area contributed by atoms with Crippen molar-refractivity contribution in [2.45, 2.75) is 46.3 Å². The first kappa shape index (κ1) is 15.3. The van der Waals surface area contributed by atoms with Crippen molar-refractivity contribution >= 4 is 11.8 Å². The smallest absolute Gasteiger partial charge is 0.0927 e. The molecule has 0 aromatic heterocycles. The zero-order valence-corrected chi connectivity index (χ0v) is 11.9. The van der Waals surface area contributed by atoms with E-state index in [0.29, 0.717) is 13.2 Å². The molecule has 0 aromatic rings. The van der Waals surface area contributed by atoms with Gasteiger partial charge in [0.1, 0.15) is 0 Å². The van der Waals surface area contributed by atoms with Gasteiger partial charge in [-0.05, 0) is 5.41 Å². The molecular formula is C12H26O2S. The van der Waals surface area contributed by atoms with Crippen LogP contribution in [0.4, 0.5) is 0 Å². The number of rotatable bonds is 6. The molecule has 0 bridgehead atoms. The Morgan fingerprint density at radius 1 is 0.867 bits per heavy atom. The molecule has 0 aliphatic carbocycles. The summed E-state index contributed by atoms with van der Waals surface area (Å²) in [5.74, 6) is 0.752. The van der Waals surface area contributed by atoms with Crippen molar-refractivity contribution in [2.24, 2.45) is 5.41 Å². The van der Waals surface area contributed by atoms with Crippen LogP contribution >= 0.6 is 11.8 Å². The highest BCUT2D eigenvalue weighted by Gasteiger charge is 2.11. The van der Waals surface area contributed by atoms with E-state index in [4.69, 9.17) is 9.47 Å². The predicted octanol–water partition coefficient (Wildman–Crippen LogP) is 3.55. The first-order chi connectivity index (χ1) is 6.71. The highest BCUT2D eigenvalue weighted by molar-refractivity contribution is 8.00. The lowest BCUT2D eigenvalue weighted by atomic mass is 9.99. The molecule has 0 aliphatic heterocycles. The van der Waals surface area contributed by atoms with Gasteiger partial charge in [-0.3, -0.25) is 0 Å². The van der Waals surface area contributed by atoms with Crippen molar-refractivity contribution in [1.29, 1.82) is 0 Å². The number of ether oxygens (including phenoxy) is 2. The molecule has 0 amide bonds. The summed E-state index contributed by atoms with van der Waals surface area (Å²) < 4.78 is 11.2. The van der Waals surface area contributed by atoms with Crippen LogP contribution in [0, 0.1) is 5.41 Å². The van der Waals surface area contributed by atoms with Crippen LogP contribution in [0.3, 0.4) is 0 Å². The van der Waals surface area contributed by atoms with Gasteiger partial charge in [-0.2, -0.15) is 0 Å². The first-order valence-corrected chi connectivity index (χ1v) is 6.49. The Labute approximate surface area is 99.1 Å².